The van der Waals surface area contributed by atoms with Crippen molar-refractivity contribution < 1.29 is 14.7 Å². The molecule has 2 fully saturated rings. The summed E-state index contributed by atoms with van der Waals surface area (Å²) in [5.74, 6) is -0.459. The monoisotopic (exact) mass is 471 g/mol. The summed E-state index contributed by atoms with van der Waals surface area (Å²) < 4.78 is 0. The first kappa shape index (κ1) is 23.7. The Labute approximate surface area is 199 Å². The highest BCUT2D eigenvalue weighted by molar-refractivity contribution is 7.14. The van der Waals surface area contributed by atoms with Crippen molar-refractivity contribution in [1.82, 2.24) is 20.5 Å². The summed E-state index contributed by atoms with van der Waals surface area (Å²) in [7, 11) is 2.14. The molecule has 1 aliphatic heterocycles. The number of hydrogen-bond acceptors (Lipinski definition) is 7. The number of rotatable bonds is 7. The van der Waals surface area contributed by atoms with Crippen LogP contribution >= 0.6 is 11.3 Å². The van der Waals surface area contributed by atoms with E-state index in [1.807, 2.05) is 12.1 Å². The number of carbonyl (C=O) groups excluding carboxylic acids is 2. The average molecular weight is 472 g/mol. The quantitative estimate of drug-likeness (QED) is 0.572. The van der Waals surface area contributed by atoms with Gasteiger partial charge in [-0.15, -0.1) is 11.3 Å². The number of carbonyl (C=O) groups is 2. The summed E-state index contributed by atoms with van der Waals surface area (Å²) in [4.78, 5) is 35.3. The van der Waals surface area contributed by atoms with Gasteiger partial charge in [-0.05, 0) is 32.0 Å². The van der Waals surface area contributed by atoms with Gasteiger partial charge in [0, 0.05) is 49.2 Å². The van der Waals surface area contributed by atoms with Gasteiger partial charge in [0.05, 0.1) is 12.3 Å². The van der Waals surface area contributed by atoms with Crippen LogP contribution in [0.3, 0.4) is 0 Å². The molecule has 2 heterocycles. The second-order valence-corrected chi connectivity index (χ2v) is 9.80. The summed E-state index contributed by atoms with van der Waals surface area (Å²) in [5.41, 5.74) is 1.49. The maximum Gasteiger partial charge on any atom is 0.252 e. The van der Waals surface area contributed by atoms with Crippen LogP contribution in [-0.2, 0) is 4.79 Å². The molecule has 2 aromatic rings. The van der Waals surface area contributed by atoms with Crippen LogP contribution in [0.15, 0.2) is 29.6 Å². The van der Waals surface area contributed by atoms with E-state index >= 15 is 0 Å². The van der Waals surface area contributed by atoms with E-state index in [4.69, 9.17) is 10.1 Å². The van der Waals surface area contributed by atoms with Crippen LogP contribution in [0.2, 0.25) is 0 Å². The number of thiazole rings is 1. The number of aliphatic hydroxyl groups is 1. The molecular formula is C24H33N5O3S. The number of aromatic nitrogens is 1. The fraction of sp³-hybridized carbons (Fsp3) is 0.542. The number of anilines is 1. The van der Waals surface area contributed by atoms with Gasteiger partial charge in [0.15, 0.2) is 5.13 Å². The lowest BCUT2D eigenvalue weighted by Crippen LogP contribution is -2.60. The summed E-state index contributed by atoms with van der Waals surface area (Å²) in [5, 5.41) is 17.9. The largest absolute Gasteiger partial charge is 0.395 e. The Morgan fingerprint density at radius 3 is 2.45 bits per heavy atom. The molecule has 8 nitrogen and oxygen atoms in total. The Bertz CT molecular complexity index is 947. The second-order valence-electron chi connectivity index (χ2n) is 8.96. The fourth-order valence-electron chi connectivity index (χ4n) is 4.52. The predicted octanol–water partition coefficient (Wildman–Crippen LogP) is 2.10. The van der Waals surface area contributed by atoms with Gasteiger partial charge in [-0.25, -0.2) is 4.98 Å². The molecule has 0 radical (unpaired) electrons. The lowest BCUT2D eigenvalue weighted by atomic mass is 9.80. The van der Waals surface area contributed by atoms with Crippen molar-refractivity contribution in [3.8, 4) is 11.3 Å². The second kappa shape index (κ2) is 10.6. The number of aliphatic hydroxyl groups excluding tert-OH is 1. The van der Waals surface area contributed by atoms with Gasteiger partial charge in [0.2, 0.25) is 5.91 Å². The minimum atomic E-state index is -0.907. The molecule has 9 heteroatoms. The molecule has 0 unspecified atom stereocenters. The van der Waals surface area contributed by atoms with Crippen LogP contribution in [0.4, 0.5) is 5.13 Å². The van der Waals surface area contributed by atoms with E-state index in [9.17, 15) is 9.59 Å². The number of amides is 2. The van der Waals surface area contributed by atoms with E-state index in [1.54, 1.807) is 23.5 Å². The minimum absolute atomic E-state index is 0.121. The summed E-state index contributed by atoms with van der Waals surface area (Å²) >= 11 is 1.65. The lowest BCUT2D eigenvalue weighted by Gasteiger charge is -2.36. The lowest BCUT2D eigenvalue weighted by molar-refractivity contribution is -0.128. The molecule has 1 aromatic carbocycles. The molecule has 0 atom stereocenters. The topological polar surface area (TPSA) is 97.8 Å². The molecule has 1 saturated carbocycles. The third kappa shape index (κ3) is 5.54. The number of piperazine rings is 1. The van der Waals surface area contributed by atoms with Crippen LogP contribution in [-0.4, -0.2) is 78.7 Å². The fourth-order valence-corrected chi connectivity index (χ4v) is 5.41. The SMILES string of the molecule is CN1CCN(c2nc(-c3ccc(C(=O)NC4(C(=O)NCCO)CCCCC4)cc3)cs2)CC1. The summed E-state index contributed by atoms with van der Waals surface area (Å²) in [6, 6.07) is 7.41. The maximum atomic E-state index is 13.0. The number of benzene rings is 1. The van der Waals surface area contributed by atoms with Crippen molar-refractivity contribution in [2.24, 2.45) is 0 Å². The first-order valence-electron chi connectivity index (χ1n) is 11.7. The van der Waals surface area contributed by atoms with Crippen LogP contribution in [0.25, 0.3) is 11.3 Å². The number of likely N-dealkylation sites (N-methyl/N-ethyl adjacent to an activating group) is 1. The molecule has 1 aromatic heterocycles. The van der Waals surface area contributed by atoms with E-state index < -0.39 is 5.54 Å². The average Bonchev–Trinajstić information content (AvgIpc) is 3.34. The van der Waals surface area contributed by atoms with Crippen LogP contribution < -0.4 is 15.5 Å². The number of nitrogens with zero attached hydrogens (tertiary/aromatic N) is 3. The Morgan fingerprint density at radius 2 is 1.79 bits per heavy atom. The van der Waals surface area contributed by atoms with E-state index in [-0.39, 0.29) is 25.0 Å². The van der Waals surface area contributed by atoms with Gasteiger partial charge in [0.1, 0.15) is 5.54 Å². The summed E-state index contributed by atoms with van der Waals surface area (Å²) in [6.07, 6.45) is 4.07. The molecule has 1 aliphatic carbocycles. The van der Waals surface area contributed by atoms with E-state index in [1.165, 1.54) is 0 Å². The van der Waals surface area contributed by atoms with Crippen LogP contribution in [0, 0.1) is 0 Å². The third-order valence-electron chi connectivity index (χ3n) is 6.60. The molecule has 0 bridgehead atoms. The van der Waals surface area contributed by atoms with E-state index in [0.29, 0.717) is 18.4 Å². The minimum Gasteiger partial charge on any atom is -0.395 e. The van der Waals surface area contributed by atoms with Crippen molar-refractivity contribution in [1.29, 1.82) is 0 Å². The van der Waals surface area contributed by atoms with Crippen molar-refractivity contribution in [2.75, 3.05) is 51.3 Å². The molecule has 0 spiro atoms. The zero-order valence-corrected chi connectivity index (χ0v) is 20.0. The van der Waals surface area contributed by atoms with Crippen molar-refractivity contribution in [2.45, 2.75) is 37.6 Å². The molecule has 178 valence electrons. The van der Waals surface area contributed by atoms with Gasteiger partial charge in [-0.3, -0.25) is 9.59 Å². The van der Waals surface area contributed by atoms with Crippen LogP contribution in [0.5, 0.6) is 0 Å². The zero-order chi connectivity index (χ0) is 23.3. The first-order chi connectivity index (χ1) is 16.0. The van der Waals surface area contributed by atoms with E-state index in [0.717, 1.165) is 61.8 Å². The molecule has 4 rings (SSSR count). The first-order valence-corrected chi connectivity index (χ1v) is 12.6. The number of nitrogens with one attached hydrogen (secondary N) is 2. The normalized spacial score (nSPS) is 18.7. The molecule has 2 amide bonds. The molecule has 33 heavy (non-hydrogen) atoms. The zero-order valence-electron chi connectivity index (χ0n) is 19.2. The van der Waals surface area contributed by atoms with Crippen LogP contribution in [0.1, 0.15) is 42.5 Å². The highest BCUT2D eigenvalue weighted by Crippen LogP contribution is 2.30. The maximum absolute atomic E-state index is 13.0. The van der Waals surface area contributed by atoms with Crippen molar-refractivity contribution >= 4 is 28.3 Å². The van der Waals surface area contributed by atoms with Crippen molar-refractivity contribution in [3.05, 3.63) is 35.2 Å². The Kier molecular flexibility index (Phi) is 7.62. The van der Waals surface area contributed by atoms with Gasteiger partial charge in [-0.2, -0.15) is 0 Å². The highest BCUT2D eigenvalue weighted by atomic mass is 32.1. The summed E-state index contributed by atoms with van der Waals surface area (Å²) in [6.45, 7) is 4.11. The highest BCUT2D eigenvalue weighted by Gasteiger charge is 2.40. The van der Waals surface area contributed by atoms with Gasteiger partial charge in [0.25, 0.3) is 5.91 Å². The molecule has 2 aliphatic rings. The standard InChI is InChI=1S/C24H33N5O3S/c1-28-12-14-29(15-13-28)23-26-20(17-33-23)18-5-7-19(8-6-18)21(31)27-24(9-3-2-4-10-24)22(32)25-11-16-30/h5-8,17,30H,2-4,9-16H2,1H3,(H,25,32)(H,27,31). The molecule has 1 saturated heterocycles. The molecule has 3 N–H and O–H groups in total. The number of hydrogen-bond donors (Lipinski definition) is 3. The van der Waals surface area contributed by atoms with Crippen molar-refractivity contribution in [3.63, 3.8) is 0 Å². The van der Waals surface area contributed by atoms with Gasteiger partial charge >= 0.3 is 0 Å². The predicted molar refractivity (Wildman–Crippen MR) is 131 cm³/mol. The van der Waals surface area contributed by atoms with E-state index in [2.05, 4.69) is 32.9 Å². The third-order valence-corrected chi connectivity index (χ3v) is 7.50. The molecular weight excluding hydrogens is 438 g/mol. The smallest absolute Gasteiger partial charge is 0.252 e. The Balaban J connectivity index is 1.43. The van der Waals surface area contributed by atoms with Gasteiger partial charge in [-0.1, -0.05) is 31.4 Å². The Morgan fingerprint density at radius 1 is 1.09 bits per heavy atom. The van der Waals surface area contributed by atoms with Gasteiger partial charge < -0.3 is 25.5 Å². The Hall–Kier alpha value is -2.49.